The van der Waals surface area contributed by atoms with Crippen LogP contribution in [0.4, 0.5) is 0 Å². The van der Waals surface area contributed by atoms with Gasteiger partial charge in [-0.1, -0.05) is 38.5 Å². The number of carbonyl (C=O) groups is 2. The topological polar surface area (TPSA) is 54.4 Å². The minimum Gasteiger partial charge on any atom is -0.393 e. The summed E-state index contributed by atoms with van der Waals surface area (Å²) in [7, 11) is 0. The summed E-state index contributed by atoms with van der Waals surface area (Å²) in [5, 5.41) is 9.74. The molecule has 0 heterocycles. The van der Waals surface area contributed by atoms with Crippen molar-refractivity contribution < 1.29 is 14.7 Å². The van der Waals surface area contributed by atoms with Gasteiger partial charge in [0.1, 0.15) is 12.6 Å². The maximum atomic E-state index is 10.1. The summed E-state index contributed by atoms with van der Waals surface area (Å²) < 4.78 is 0. The molecule has 0 spiro atoms. The van der Waals surface area contributed by atoms with Gasteiger partial charge in [0.25, 0.3) is 0 Å². The Balaban J connectivity index is 3.14. The molecule has 1 N–H and O–H groups in total. The molecule has 106 valence electrons. The zero-order chi connectivity index (χ0) is 13.5. The van der Waals surface area contributed by atoms with Crippen molar-refractivity contribution in [3.05, 3.63) is 0 Å². The fraction of sp³-hybridized carbons (Fsp3) is 0.867. The van der Waals surface area contributed by atoms with E-state index in [1.165, 1.54) is 0 Å². The standard InChI is InChI=1S/C15H28O3/c16-13-9-5-1-3-7-11-15(18)12-8-4-2-6-10-14-17/h13-15,18H,1-12H2. The average molecular weight is 256 g/mol. The first-order valence-electron chi connectivity index (χ1n) is 7.36. The summed E-state index contributed by atoms with van der Waals surface area (Å²) in [6.45, 7) is 0. The average Bonchev–Trinajstić information content (AvgIpc) is 2.38. The summed E-state index contributed by atoms with van der Waals surface area (Å²) in [4.78, 5) is 20.2. The lowest BCUT2D eigenvalue weighted by molar-refractivity contribution is -0.108. The molecule has 3 heteroatoms. The lowest BCUT2D eigenvalue weighted by atomic mass is 10.0. The minimum absolute atomic E-state index is 0.165. The van der Waals surface area contributed by atoms with Gasteiger partial charge < -0.3 is 14.7 Å². The third-order valence-corrected chi connectivity index (χ3v) is 3.22. The second-order valence-electron chi connectivity index (χ2n) is 4.97. The largest absolute Gasteiger partial charge is 0.393 e. The maximum Gasteiger partial charge on any atom is 0.119 e. The van der Waals surface area contributed by atoms with Crippen LogP contribution >= 0.6 is 0 Å². The highest BCUT2D eigenvalue weighted by Gasteiger charge is 2.03. The molecule has 0 aromatic carbocycles. The van der Waals surface area contributed by atoms with Crippen LogP contribution in [0.25, 0.3) is 0 Å². The first-order chi connectivity index (χ1) is 8.81. The predicted molar refractivity (Wildman–Crippen MR) is 73.5 cm³/mol. The first kappa shape index (κ1) is 17.3. The molecule has 0 bridgehead atoms. The lowest BCUT2D eigenvalue weighted by Gasteiger charge is -2.09. The predicted octanol–water partition coefficient (Wildman–Crippen LogP) is 3.43. The van der Waals surface area contributed by atoms with E-state index in [4.69, 9.17) is 0 Å². The summed E-state index contributed by atoms with van der Waals surface area (Å²) in [5.41, 5.74) is 0. The molecule has 0 amide bonds. The van der Waals surface area contributed by atoms with Gasteiger partial charge >= 0.3 is 0 Å². The van der Waals surface area contributed by atoms with Crippen molar-refractivity contribution in [2.45, 2.75) is 83.2 Å². The Morgan fingerprint density at radius 1 is 0.667 bits per heavy atom. The van der Waals surface area contributed by atoms with Crippen molar-refractivity contribution in [2.24, 2.45) is 0 Å². The first-order valence-corrected chi connectivity index (χ1v) is 7.36. The van der Waals surface area contributed by atoms with E-state index < -0.39 is 0 Å². The van der Waals surface area contributed by atoms with Crippen LogP contribution in [0, 0.1) is 0 Å². The van der Waals surface area contributed by atoms with Gasteiger partial charge in [-0.3, -0.25) is 0 Å². The van der Waals surface area contributed by atoms with E-state index >= 15 is 0 Å². The van der Waals surface area contributed by atoms with Gasteiger partial charge in [0.2, 0.25) is 0 Å². The van der Waals surface area contributed by atoms with Crippen molar-refractivity contribution in [2.75, 3.05) is 0 Å². The highest BCUT2D eigenvalue weighted by molar-refractivity contribution is 5.49. The molecule has 0 radical (unpaired) electrons. The Morgan fingerprint density at radius 2 is 1.06 bits per heavy atom. The number of aliphatic hydroxyl groups is 1. The molecule has 0 aliphatic carbocycles. The Labute approximate surface area is 111 Å². The Hall–Kier alpha value is -0.700. The molecule has 0 atom stereocenters. The Kier molecular flexibility index (Phi) is 13.8. The van der Waals surface area contributed by atoms with Crippen LogP contribution in [-0.4, -0.2) is 23.8 Å². The smallest absolute Gasteiger partial charge is 0.119 e. The van der Waals surface area contributed by atoms with Crippen LogP contribution < -0.4 is 0 Å². The van der Waals surface area contributed by atoms with E-state index in [2.05, 4.69) is 0 Å². The normalized spacial score (nSPS) is 10.8. The summed E-state index contributed by atoms with van der Waals surface area (Å²) >= 11 is 0. The number of rotatable bonds is 14. The van der Waals surface area contributed by atoms with Crippen LogP contribution in [0.3, 0.4) is 0 Å². The van der Waals surface area contributed by atoms with Crippen molar-refractivity contribution in [1.82, 2.24) is 0 Å². The zero-order valence-corrected chi connectivity index (χ0v) is 11.5. The van der Waals surface area contributed by atoms with Crippen LogP contribution in [0.5, 0.6) is 0 Å². The molecule has 3 nitrogen and oxygen atoms in total. The lowest BCUT2D eigenvalue weighted by Crippen LogP contribution is -2.05. The quantitative estimate of drug-likeness (QED) is 0.382. The second-order valence-corrected chi connectivity index (χ2v) is 4.97. The maximum absolute atomic E-state index is 10.1. The molecule has 0 fully saturated rings. The highest BCUT2D eigenvalue weighted by Crippen LogP contribution is 2.12. The third kappa shape index (κ3) is 13.4. The molecule has 0 aromatic heterocycles. The number of hydrogen-bond acceptors (Lipinski definition) is 3. The van der Waals surface area contributed by atoms with E-state index in [0.29, 0.717) is 12.8 Å². The molecule has 0 saturated carbocycles. The van der Waals surface area contributed by atoms with Crippen LogP contribution in [0.1, 0.15) is 77.0 Å². The molecular weight excluding hydrogens is 228 g/mol. The molecule has 0 aliphatic heterocycles. The minimum atomic E-state index is -0.165. The van der Waals surface area contributed by atoms with Gasteiger partial charge in [-0.25, -0.2) is 0 Å². The van der Waals surface area contributed by atoms with Gasteiger partial charge in [0.05, 0.1) is 6.10 Å². The molecule has 0 aliphatic rings. The Morgan fingerprint density at radius 3 is 1.44 bits per heavy atom. The molecule has 18 heavy (non-hydrogen) atoms. The Bertz CT molecular complexity index is 172. The molecule has 0 unspecified atom stereocenters. The van der Waals surface area contributed by atoms with Gasteiger partial charge in [0.15, 0.2) is 0 Å². The SMILES string of the molecule is O=CCCCCCCC(O)CCCCCCC=O. The fourth-order valence-corrected chi connectivity index (χ4v) is 2.07. The summed E-state index contributed by atoms with van der Waals surface area (Å²) in [6.07, 6.45) is 13.4. The number of aliphatic hydroxyl groups excluding tert-OH is 1. The van der Waals surface area contributed by atoms with E-state index in [-0.39, 0.29) is 6.10 Å². The second kappa shape index (κ2) is 14.4. The fourth-order valence-electron chi connectivity index (χ4n) is 2.07. The number of aldehydes is 2. The monoisotopic (exact) mass is 256 g/mol. The van der Waals surface area contributed by atoms with Crippen LogP contribution in [0.15, 0.2) is 0 Å². The molecule has 0 aromatic rings. The van der Waals surface area contributed by atoms with Crippen molar-refractivity contribution in [1.29, 1.82) is 0 Å². The number of unbranched alkanes of at least 4 members (excludes halogenated alkanes) is 8. The molecule has 0 rings (SSSR count). The molecular formula is C15H28O3. The number of carbonyl (C=O) groups excluding carboxylic acids is 2. The van der Waals surface area contributed by atoms with Crippen molar-refractivity contribution in [3.63, 3.8) is 0 Å². The van der Waals surface area contributed by atoms with Gasteiger partial charge in [-0.15, -0.1) is 0 Å². The van der Waals surface area contributed by atoms with E-state index in [0.717, 1.165) is 76.8 Å². The van der Waals surface area contributed by atoms with Crippen LogP contribution in [0.2, 0.25) is 0 Å². The van der Waals surface area contributed by atoms with Crippen molar-refractivity contribution >= 4 is 12.6 Å². The van der Waals surface area contributed by atoms with Crippen LogP contribution in [-0.2, 0) is 9.59 Å². The zero-order valence-electron chi connectivity index (χ0n) is 11.5. The van der Waals surface area contributed by atoms with E-state index in [1.54, 1.807) is 0 Å². The number of hydrogen-bond donors (Lipinski definition) is 1. The summed E-state index contributed by atoms with van der Waals surface area (Å²) in [5.74, 6) is 0. The summed E-state index contributed by atoms with van der Waals surface area (Å²) in [6, 6.07) is 0. The van der Waals surface area contributed by atoms with Gasteiger partial charge in [-0.05, 0) is 25.7 Å². The molecule has 0 saturated heterocycles. The highest BCUT2D eigenvalue weighted by atomic mass is 16.3. The third-order valence-electron chi connectivity index (χ3n) is 3.22. The van der Waals surface area contributed by atoms with E-state index in [9.17, 15) is 14.7 Å². The van der Waals surface area contributed by atoms with Gasteiger partial charge in [-0.2, -0.15) is 0 Å². The van der Waals surface area contributed by atoms with E-state index in [1.807, 2.05) is 0 Å². The van der Waals surface area contributed by atoms with Crippen molar-refractivity contribution in [3.8, 4) is 0 Å². The van der Waals surface area contributed by atoms with Gasteiger partial charge in [0, 0.05) is 12.8 Å².